The summed E-state index contributed by atoms with van der Waals surface area (Å²) in [7, 11) is 3.84. The molecule has 1 aromatic rings. The molecule has 108 valence electrons. The van der Waals surface area contributed by atoms with Crippen LogP contribution >= 0.6 is 0 Å². The van der Waals surface area contributed by atoms with Crippen molar-refractivity contribution in [3.05, 3.63) is 11.3 Å². The predicted octanol–water partition coefficient (Wildman–Crippen LogP) is 1.45. The highest BCUT2D eigenvalue weighted by Crippen LogP contribution is 2.26. The average Bonchev–Trinajstić information content (AvgIpc) is 2.70. The number of hydrogen-bond donors (Lipinski definition) is 1. The van der Waals surface area contributed by atoms with Crippen LogP contribution in [0, 0.1) is 6.92 Å². The fourth-order valence-electron chi connectivity index (χ4n) is 2.87. The number of methoxy groups -OCH3 is 1. The Kier molecular flexibility index (Phi) is 4.82. The summed E-state index contributed by atoms with van der Waals surface area (Å²) in [5.74, 6) is 1.25. The van der Waals surface area contributed by atoms with E-state index in [1.807, 2.05) is 18.8 Å². The molecule has 1 saturated heterocycles. The van der Waals surface area contributed by atoms with Crippen molar-refractivity contribution < 1.29 is 4.74 Å². The minimum absolute atomic E-state index is 0.343. The Labute approximate surface area is 115 Å². The number of anilines is 1. The monoisotopic (exact) mass is 266 g/mol. The molecule has 1 aliphatic rings. The molecule has 1 unspecified atom stereocenters. The first kappa shape index (κ1) is 14.3. The first-order chi connectivity index (χ1) is 9.17. The van der Waals surface area contributed by atoms with Crippen LogP contribution in [-0.2, 0) is 18.3 Å². The van der Waals surface area contributed by atoms with E-state index in [0.717, 1.165) is 38.3 Å². The summed E-state index contributed by atoms with van der Waals surface area (Å²) in [5, 5.41) is 8.00. The van der Waals surface area contributed by atoms with Gasteiger partial charge in [-0.15, -0.1) is 0 Å². The molecule has 1 atom stereocenters. The van der Waals surface area contributed by atoms with E-state index in [4.69, 9.17) is 4.74 Å². The van der Waals surface area contributed by atoms with Crippen molar-refractivity contribution in [2.75, 3.05) is 31.6 Å². The Morgan fingerprint density at radius 3 is 2.95 bits per heavy atom. The van der Waals surface area contributed by atoms with Gasteiger partial charge in [0.2, 0.25) is 0 Å². The molecule has 1 aliphatic heterocycles. The number of nitrogens with zero attached hydrogens (tertiary/aromatic N) is 3. The zero-order valence-electron chi connectivity index (χ0n) is 12.6. The second-order valence-corrected chi connectivity index (χ2v) is 5.24. The molecule has 19 heavy (non-hydrogen) atoms. The second kappa shape index (κ2) is 6.39. The molecule has 5 heteroatoms. The summed E-state index contributed by atoms with van der Waals surface area (Å²) in [6, 6.07) is 0. The van der Waals surface area contributed by atoms with Gasteiger partial charge in [-0.25, -0.2) is 0 Å². The molecular weight excluding hydrogens is 240 g/mol. The van der Waals surface area contributed by atoms with E-state index in [9.17, 15) is 0 Å². The predicted molar refractivity (Wildman–Crippen MR) is 77.6 cm³/mol. The topological polar surface area (TPSA) is 42.3 Å². The normalized spacial score (nSPS) is 20.0. The largest absolute Gasteiger partial charge is 0.380 e. The van der Waals surface area contributed by atoms with Gasteiger partial charge >= 0.3 is 0 Å². The van der Waals surface area contributed by atoms with Gasteiger partial charge in [0, 0.05) is 39.4 Å². The van der Waals surface area contributed by atoms with Gasteiger partial charge in [0.1, 0.15) is 5.82 Å². The van der Waals surface area contributed by atoms with Gasteiger partial charge in [-0.3, -0.25) is 4.68 Å². The fraction of sp³-hybridized carbons (Fsp3) is 0.786. The number of aryl methyl sites for hydroxylation is 2. The molecule has 2 heterocycles. The van der Waals surface area contributed by atoms with E-state index in [1.54, 1.807) is 0 Å². The van der Waals surface area contributed by atoms with Crippen LogP contribution in [0.5, 0.6) is 0 Å². The van der Waals surface area contributed by atoms with Gasteiger partial charge < -0.3 is 15.0 Å². The zero-order chi connectivity index (χ0) is 13.8. The van der Waals surface area contributed by atoms with Crippen molar-refractivity contribution in [2.24, 2.45) is 7.05 Å². The van der Waals surface area contributed by atoms with Crippen LogP contribution < -0.4 is 10.2 Å². The molecule has 0 aromatic carbocycles. The van der Waals surface area contributed by atoms with Crippen LogP contribution in [0.2, 0.25) is 0 Å². The highest BCUT2D eigenvalue weighted by atomic mass is 16.5. The van der Waals surface area contributed by atoms with Crippen LogP contribution in [0.25, 0.3) is 0 Å². The van der Waals surface area contributed by atoms with E-state index >= 15 is 0 Å². The third-order valence-corrected chi connectivity index (χ3v) is 3.88. The van der Waals surface area contributed by atoms with Gasteiger partial charge in [0.25, 0.3) is 0 Å². The molecule has 0 saturated carbocycles. The Hall–Kier alpha value is -1.07. The van der Waals surface area contributed by atoms with Crippen LogP contribution in [0.15, 0.2) is 0 Å². The first-order valence-electron chi connectivity index (χ1n) is 7.18. The summed E-state index contributed by atoms with van der Waals surface area (Å²) in [5.41, 5.74) is 2.44. The van der Waals surface area contributed by atoms with Gasteiger partial charge in [-0.2, -0.15) is 5.10 Å². The lowest BCUT2D eigenvalue weighted by Crippen LogP contribution is -2.40. The minimum atomic E-state index is 0.343. The van der Waals surface area contributed by atoms with Crippen molar-refractivity contribution in [3.8, 4) is 0 Å². The molecule has 1 fully saturated rings. The van der Waals surface area contributed by atoms with E-state index < -0.39 is 0 Å². The quantitative estimate of drug-likeness (QED) is 0.876. The zero-order valence-corrected chi connectivity index (χ0v) is 12.6. The Morgan fingerprint density at radius 2 is 2.26 bits per heavy atom. The Morgan fingerprint density at radius 1 is 1.47 bits per heavy atom. The SMILES string of the molecule is CCNCc1c(C)nn(C)c1N1CCCC(OC)C1. The number of piperidine rings is 1. The molecule has 0 amide bonds. The summed E-state index contributed by atoms with van der Waals surface area (Å²) in [6.07, 6.45) is 2.69. The molecule has 0 spiro atoms. The van der Waals surface area contributed by atoms with Gasteiger partial charge in [0.05, 0.1) is 11.8 Å². The second-order valence-electron chi connectivity index (χ2n) is 5.24. The van der Waals surface area contributed by atoms with Crippen molar-refractivity contribution >= 4 is 5.82 Å². The molecule has 1 N–H and O–H groups in total. The molecule has 1 aromatic heterocycles. The van der Waals surface area contributed by atoms with Gasteiger partial charge in [0.15, 0.2) is 0 Å². The van der Waals surface area contributed by atoms with Crippen LogP contribution in [-0.4, -0.2) is 42.6 Å². The molecule has 5 nitrogen and oxygen atoms in total. The number of rotatable bonds is 5. The van der Waals surface area contributed by atoms with Crippen LogP contribution in [0.4, 0.5) is 5.82 Å². The first-order valence-corrected chi connectivity index (χ1v) is 7.18. The maximum atomic E-state index is 5.52. The highest BCUT2D eigenvalue weighted by molar-refractivity contribution is 5.50. The summed E-state index contributed by atoms with van der Waals surface area (Å²) in [4.78, 5) is 2.42. The van der Waals surface area contributed by atoms with Crippen LogP contribution in [0.3, 0.4) is 0 Å². The summed E-state index contributed by atoms with van der Waals surface area (Å²) >= 11 is 0. The fourth-order valence-corrected chi connectivity index (χ4v) is 2.87. The lowest BCUT2D eigenvalue weighted by atomic mass is 10.1. The van der Waals surface area contributed by atoms with E-state index in [-0.39, 0.29) is 0 Å². The maximum Gasteiger partial charge on any atom is 0.131 e. The minimum Gasteiger partial charge on any atom is -0.380 e. The Bertz CT molecular complexity index is 416. The highest BCUT2D eigenvalue weighted by Gasteiger charge is 2.25. The van der Waals surface area contributed by atoms with Crippen molar-refractivity contribution in [2.45, 2.75) is 39.3 Å². The number of ether oxygens (including phenoxy) is 1. The smallest absolute Gasteiger partial charge is 0.131 e. The standard InChI is InChI=1S/C14H26N4O/c1-5-15-9-13-11(2)16-17(3)14(13)18-8-6-7-12(10-18)19-4/h12,15H,5-10H2,1-4H3. The van der Waals surface area contributed by atoms with Gasteiger partial charge in [-0.1, -0.05) is 6.92 Å². The number of hydrogen-bond acceptors (Lipinski definition) is 4. The van der Waals surface area contributed by atoms with E-state index in [2.05, 4.69) is 29.2 Å². The average molecular weight is 266 g/mol. The van der Waals surface area contributed by atoms with E-state index in [0.29, 0.717) is 6.10 Å². The summed E-state index contributed by atoms with van der Waals surface area (Å²) in [6.45, 7) is 8.15. The lowest BCUT2D eigenvalue weighted by molar-refractivity contribution is 0.0889. The molecular formula is C14H26N4O. The third-order valence-electron chi connectivity index (χ3n) is 3.88. The van der Waals surface area contributed by atoms with Crippen LogP contribution in [0.1, 0.15) is 31.0 Å². The van der Waals surface area contributed by atoms with Gasteiger partial charge in [-0.05, 0) is 26.3 Å². The van der Waals surface area contributed by atoms with Crippen molar-refractivity contribution in [1.29, 1.82) is 0 Å². The molecule has 0 radical (unpaired) electrons. The number of aromatic nitrogens is 2. The van der Waals surface area contributed by atoms with Crippen molar-refractivity contribution in [3.63, 3.8) is 0 Å². The third kappa shape index (κ3) is 3.09. The maximum absolute atomic E-state index is 5.52. The summed E-state index contributed by atoms with van der Waals surface area (Å²) < 4.78 is 7.54. The van der Waals surface area contributed by atoms with Crippen molar-refractivity contribution in [1.82, 2.24) is 15.1 Å². The number of nitrogens with one attached hydrogen (secondary N) is 1. The van der Waals surface area contributed by atoms with E-state index in [1.165, 1.54) is 17.8 Å². The lowest BCUT2D eigenvalue weighted by Gasteiger charge is -2.34. The molecule has 2 rings (SSSR count). The Balaban J connectivity index is 2.22. The molecule has 0 bridgehead atoms. The molecule has 0 aliphatic carbocycles.